The summed E-state index contributed by atoms with van der Waals surface area (Å²) in [7, 11) is 0. The zero-order chi connectivity index (χ0) is 16.5. The second-order valence-corrected chi connectivity index (χ2v) is 5.12. The molecule has 0 saturated carbocycles. The Morgan fingerprint density at radius 3 is 2.73 bits per heavy atom. The van der Waals surface area contributed by atoms with E-state index in [9.17, 15) is 9.59 Å². The monoisotopic (exact) mass is 305 g/mol. The van der Waals surface area contributed by atoms with Crippen LogP contribution in [0, 0.1) is 17.2 Å². The summed E-state index contributed by atoms with van der Waals surface area (Å²) in [6.45, 7) is 4.03. The summed E-state index contributed by atoms with van der Waals surface area (Å²) in [6, 6.07) is 4.19. The highest BCUT2D eigenvalue weighted by atomic mass is 16.4. The van der Waals surface area contributed by atoms with E-state index in [4.69, 9.17) is 14.8 Å². The summed E-state index contributed by atoms with van der Waals surface area (Å²) in [5, 5.41) is 23.2. The van der Waals surface area contributed by atoms with E-state index >= 15 is 0 Å². The van der Waals surface area contributed by atoms with Crippen LogP contribution in [0.25, 0.3) is 0 Å². The van der Waals surface area contributed by atoms with Gasteiger partial charge in [0.25, 0.3) is 5.91 Å². The third kappa shape index (κ3) is 5.71. The van der Waals surface area contributed by atoms with Crippen LogP contribution < -0.4 is 10.6 Å². The molecule has 0 spiro atoms. The Bertz CT molecular complexity index is 570. The van der Waals surface area contributed by atoms with Crippen molar-refractivity contribution >= 4 is 11.9 Å². The summed E-state index contributed by atoms with van der Waals surface area (Å²) < 4.78 is 5.10. The number of hydrogen-bond acceptors (Lipinski definition) is 5. The Hall–Kier alpha value is -2.75. The van der Waals surface area contributed by atoms with Crippen molar-refractivity contribution in [2.75, 3.05) is 0 Å². The Morgan fingerprint density at radius 1 is 1.50 bits per heavy atom. The van der Waals surface area contributed by atoms with Gasteiger partial charge in [0.2, 0.25) is 0 Å². The molecule has 0 bridgehead atoms. The number of aliphatic carboxylic acids is 1. The fraction of sp³-hybridized carbons (Fsp3) is 0.400. The first-order chi connectivity index (χ1) is 10.4. The van der Waals surface area contributed by atoms with E-state index < -0.39 is 17.9 Å². The minimum atomic E-state index is -1.12. The molecule has 1 rings (SSSR count). The molecule has 0 aliphatic rings. The summed E-state index contributed by atoms with van der Waals surface area (Å²) in [4.78, 5) is 23.0. The van der Waals surface area contributed by atoms with E-state index in [1.54, 1.807) is 18.2 Å². The molecule has 3 N–H and O–H groups in total. The van der Waals surface area contributed by atoms with Crippen LogP contribution in [-0.4, -0.2) is 23.0 Å². The molecule has 0 saturated heterocycles. The molecular weight excluding hydrogens is 286 g/mol. The van der Waals surface area contributed by atoms with E-state index in [0.717, 1.165) is 0 Å². The number of nitriles is 1. The first-order valence-corrected chi connectivity index (χ1v) is 6.83. The average Bonchev–Trinajstić information content (AvgIpc) is 2.95. The highest BCUT2D eigenvalue weighted by Crippen LogP contribution is 2.06. The van der Waals surface area contributed by atoms with Crippen molar-refractivity contribution < 1.29 is 19.1 Å². The maximum absolute atomic E-state index is 11.9. The van der Waals surface area contributed by atoms with E-state index in [2.05, 4.69) is 10.6 Å². The van der Waals surface area contributed by atoms with Crippen molar-refractivity contribution in [2.45, 2.75) is 32.9 Å². The lowest BCUT2D eigenvalue weighted by atomic mass is 10.0. The topological polar surface area (TPSA) is 115 Å². The van der Waals surface area contributed by atoms with Gasteiger partial charge in [-0.2, -0.15) is 5.26 Å². The van der Waals surface area contributed by atoms with Crippen LogP contribution in [0.2, 0.25) is 0 Å². The van der Waals surface area contributed by atoms with Gasteiger partial charge < -0.3 is 20.2 Å². The first kappa shape index (κ1) is 17.3. The molecule has 22 heavy (non-hydrogen) atoms. The smallest absolute Gasteiger partial charge is 0.326 e. The highest BCUT2D eigenvalue weighted by Gasteiger charge is 2.22. The Kier molecular flexibility index (Phi) is 6.70. The van der Waals surface area contributed by atoms with E-state index in [0.29, 0.717) is 18.7 Å². The maximum Gasteiger partial charge on any atom is 0.326 e. The Balaban J connectivity index is 2.62. The van der Waals surface area contributed by atoms with Crippen molar-refractivity contribution in [3.05, 3.63) is 35.9 Å². The molecule has 0 aromatic carbocycles. The van der Waals surface area contributed by atoms with Crippen LogP contribution in [0.1, 0.15) is 26.0 Å². The minimum Gasteiger partial charge on any atom is -0.480 e. The largest absolute Gasteiger partial charge is 0.480 e. The number of carboxylic acid groups (broad SMARTS) is 1. The summed E-state index contributed by atoms with van der Waals surface area (Å²) in [5.74, 6) is -1.09. The average molecular weight is 305 g/mol. The summed E-state index contributed by atoms with van der Waals surface area (Å²) >= 11 is 0. The predicted molar refractivity (Wildman–Crippen MR) is 78.3 cm³/mol. The quantitative estimate of drug-likeness (QED) is 0.494. The molecular formula is C15H19N3O4. The highest BCUT2D eigenvalue weighted by molar-refractivity contribution is 5.99. The van der Waals surface area contributed by atoms with Gasteiger partial charge in [0.05, 0.1) is 12.8 Å². The number of nitrogens with one attached hydrogen (secondary N) is 2. The lowest BCUT2D eigenvalue weighted by molar-refractivity contribution is -0.141. The van der Waals surface area contributed by atoms with Crippen molar-refractivity contribution in [1.29, 1.82) is 5.26 Å². The van der Waals surface area contributed by atoms with Gasteiger partial charge in [-0.3, -0.25) is 4.79 Å². The molecule has 0 fully saturated rings. The molecule has 1 aromatic heterocycles. The van der Waals surface area contributed by atoms with Crippen molar-refractivity contribution in [3.63, 3.8) is 0 Å². The molecule has 1 aromatic rings. The van der Waals surface area contributed by atoms with Crippen molar-refractivity contribution in [3.8, 4) is 6.07 Å². The number of amides is 1. The van der Waals surface area contributed by atoms with E-state index in [-0.39, 0.29) is 11.5 Å². The number of rotatable bonds is 8. The van der Waals surface area contributed by atoms with E-state index in [1.807, 2.05) is 13.8 Å². The van der Waals surface area contributed by atoms with Crippen LogP contribution >= 0.6 is 0 Å². The van der Waals surface area contributed by atoms with Crippen molar-refractivity contribution in [2.24, 2.45) is 5.92 Å². The molecule has 7 nitrogen and oxygen atoms in total. The standard InChI is InChI=1S/C15H19N3O4/c1-10(2)6-13(15(20)21)18-14(19)11(7-16)8-17-9-12-4-3-5-22-12/h3-5,8,10,13,17H,6,9H2,1-2H3,(H,18,19)(H,20,21)/b11-8-. The second kappa shape index (κ2) is 8.52. The lowest BCUT2D eigenvalue weighted by Gasteiger charge is -2.16. The van der Waals surface area contributed by atoms with Crippen LogP contribution in [0.3, 0.4) is 0 Å². The van der Waals surface area contributed by atoms with Crippen LogP contribution in [0.4, 0.5) is 0 Å². The molecule has 118 valence electrons. The van der Waals surface area contributed by atoms with Gasteiger partial charge in [0.15, 0.2) is 0 Å². The Labute approximate surface area is 128 Å². The maximum atomic E-state index is 11.9. The van der Waals surface area contributed by atoms with Gasteiger partial charge in [0.1, 0.15) is 23.4 Å². The van der Waals surface area contributed by atoms with Gasteiger partial charge in [-0.1, -0.05) is 13.8 Å². The fourth-order valence-electron chi connectivity index (χ4n) is 1.74. The van der Waals surface area contributed by atoms with Crippen LogP contribution in [-0.2, 0) is 16.1 Å². The Morgan fingerprint density at radius 2 is 2.23 bits per heavy atom. The van der Waals surface area contributed by atoms with Crippen LogP contribution in [0.5, 0.6) is 0 Å². The molecule has 1 atom stereocenters. The molecule has 1 heterocycles. The van der Waals surface area contributed by atoms with Gasteiger partial charge in [0, 0.05) is 6.20 Å². The number of carbonyl (C=O) groups excluding carboxylic acids is 1. The third-order valence-electron chi connectivity index (χ3n) is 2.78. The van der Waals surface area contributed by atoms with Gasteiger partial charge in [-0.25, -0.2) is 4.79 Å². The number of carboxylic acids is 1. The number of nitrogens with zero attached hydrogens (tertiary/aromatic N) is 1. The zero-order valence-corrected chi connectivity index (χ0v) is 12.5. The molecule has 7 heteroatoms. The zero-order valence-electron chi connectivity index (χ0n) is 12.5. The van der Waals surface area contributed by atoms with Crippen molar-refractivity contribution in [1.82, 2.24) is 10.6 Å². The molecule has 1 amide bonds. The molecule has 1 unspecified atom stereocenters. The third-order valence-corrected chi connectivity index (χ3v) is 2.78. The van der Waals surface area contributed by atoms with E-state index in [1.165, 1.54) is 12.5 Å². The predicted octanol–water partition coefficient (Wildman–Crippen LogP) is 1.39. The fourth-order valence-corrected chi connectivity index (χ4v) is 1.74. The lowest BCUT2D eigenvalue weighted by Crippen LogP contribution is -2.42. The minimum absolute atomic E-state index is 0.105. The van der Waals surface area contributed by atoms with Crippen LogP contribution in [0.15, 0.2) is 34.6 Å². The van der Waals surface area contributed by atoms with Gasteiger partial charge >= 0.3 is 5.97 Å². The number of hydrogen-bond donors (Lipinski definition) is 3. The summed E-state index contributed by atoms with van der Waals surface area (Å²) in [6.07, 6.45) is 3.05. The molecule has 0 aliphatic heterocycles. The second-order valence-electron chi connectivity index (χ2n) is 5.12. The first-order valence-electron chi connectivity index (χ1n) is 6.83. The molecule has 0 radical (unpaired) electrons. The van der Waals surface area contributed by atoms with Gasteiger partial charge in [-0.05, 0) is 24.5 Å². The van der Waals surface area contributed by atoms with Gasteiger partial charge in [-0.15, -0.1) is 0 Å². The number of carbonyl (C=O) groups is 2. The normalized spacial score (nSPS) is 12.5. The summed E-state index contributed by atoms with van der Waals surface area (Å²) in [5.41, 5.74) is -0.193. The molecule has 0 aliphatic carbocycles. The number of furan rings is 1. The SMILES string of the molecule is CC(C)CC(NC(=O)/C(C#N)=C\NCc1ccco1)C(=O)O.